The third kappa shape index (κ3) is 6.02. The van der Waals surface area contributed by atoms with Crippen LogP contribution in [0.25, 0.3) is 0 Å². The molecule has 0 bridgehead atoms. The number of carbonyl (C=O) groups is 1. The third-order valence-corrected chi connectivity index (χ3v) is 4.28. The maximum atomic E-state index is 11.8. The monoisotopic (exact) mass is 296 g/mol. The number of allylic oxidation sites excluding steroid dienone is 1. The molecule has 0 amide bonds. The summed E-state index contributed by atoms with van der Waals surface area (Å²) in [4.78, 5) is 11.8. The van der Waals surface area contributed by atoms with Crippen LogP contribution in [0.15, 0.2) is 23.3 Å². The zero-order valence-corrected chi connectivity index (χ0v) is 13.5. The molecule has 0 spiro atoms. The number of hydrogen-bond donors (Lipinski definition) is 2. The Kier molecular flexibility index (Phi) is 7.12. The second-order valence-electron chi connectivity index (χ2n) is 6.12. The molecule has 120 valence electrons. The van der Waals surface area contributed by atoms with Crippen LogP contribution in [-0.2, 0) is 9.53 Å². The summed E-state index contributed by atoms with van der Waals surface area (Å²) in [6, 6.07) is 0. The molecule has 0 aromatic heterocycles. The van der Waals surface area contributed by atoms with Crippen molar-refractivity contribution in [1.82, 2.24) is 0 Å². The number of carbonyl (C=O) groups excluding carboxylic acids is 1. The average molecular weight is 296 g/mol. The summed E-state index contributed by atoms with van der Waals surface area (Å²) in [5.74, 6) is -0.134. The van der Waals surface area contributed by atoms with Gasteiger partial charge in [-0.3, -0.25) is 4.79 Å². The van der Waals surface area contributed by atoms with E-state index in [1.165, 1.54) is 0 Å². The first kappa shape index (κ1) is 17.9. The molecule has 4 atom stereocenters. The van der Waals surface area contributed by atoms with Crippen molar-refractivity contribution in [2.24, 2.45) is 5.92 Å². The molecule has 4 heteroatoms. The number of hydrogen-bond acceptors (Lipinski definition) is 4. The molecule has 1 heterocycles. The fourth-order valence-electron chi connectivity index (χ4n) is 2.25. The molecule has 1 aliphatic rings. The van der Waals surface area contributed by atoms with E-state index in [0.717, 1.165) is 18.4 Å². The first-order valence-corrected chi connectivity index (χ1v) is 7.70. The molecule has 0 aromatic carbocycles. The lowest BCUT2D eigenvalue weighted by atomic mass is 9.97. The summed E-state index contributed by atoms with van der Waals surface area (Å²) in [5.41, 5.74) is 1.64. The third-order valence-electron chi connectivity index (χ3n) is 4.28. The van der Waals surface area contributed by atoms with Gasteiger partial charge in [-0.25, -0.2) is 0 Å². The summed E-state index contributed by atoms with van der Waals surface area (Å²) in [7, 11) is 0. The van der Waals surface area contributed by atoms with Gasteiger partial charge in [0, 0.05) is 0 Å². The molecule has 4 nitrogen and oxygen atoms in total. The van der Waals surface area contributed by atoms with Gasteiger partial charge in [-0.1, -0.05) is 19.1 Å². The average Bonchev–Trinajstić information content (AvgIpc) is 2.42. The predicted octanol–water partition coefficient (Wildman–Crippen LogP) is 2.74. The molecule has 2 N–H and O–H groups in total. The van der Waals surface area contributed by atoms with Crippen molar-refractivity contribution < 1.29 is 19.7 Å². The SMILES string of the molecule is CC1=CCCC(C)C(C)OC(=O)CC(O)C(C)=CCC1O. The summed E-state index contributed by atoms with van der Waals surface area (Å²) < 4.78 is 5.38. The normalized spacial score (nSPS) is 33.5. The molecule has 0 saturated heterocycles. The molecule has 21 heavy (non-hydrogen) atoms. The van der Waals surface area contributed by atoms with Crippen molar-refractivity contribution in [3.63, 3.8) is 0 Å². The van der Waals surface area contributed by atoms with E-state index >= 15 is 0 Å². The highest BCUT2D eigenvalue weighted by Crippen LogP contribution is 2.19. The first-order valence-electron chi connectivity index (χ1n) is 7.70. The van der Waals surface area contributed by atoms with Crippen LogP contribution in [0, 0.1) is 5.92 Å². The van der Waals surface area contributed by atoms with Crippen LogP contribution in [0.4, 0.5) is 0 Å². The van der Waals surface area contributed by atoms with E-state index in [4.69, 9.17) is 4.74 Å². The van der Waals surface area contributed by atoms with E-state index in [-0.39, 0.29) is 24.4 Å². The quantitative estimate of drug-likeness (QED) is 0.533. The van der Waals surface area contributed by atoms with E-state index in [0.29, 0.717) is 12.0 Å². The van der Waals surface area contributed by atoms with E-state index in [9.17, 15) is 15.0 Å². The van der Waals surface area contributed by atoms with Crippen molar-refractivity contribution in [3.05, 3.63) is 23.3 Å². The number of rotatable bonds is 0. The van der Waals surface area contributed by atoms with Crippen molar-refractivity contribution in [1.29, 1.82) is 0 Å². The Bertz CT molecular complexity index is 411. The minimum atomic E-state index is -0.848. The molecule has 0 aromatic rings. The summed E-state index contributed by atoms with van der Waals surface area (Å²) in [6.45, 7) is 7.62. The van der Waals surface area contributed by atoms with Crippen molar-refractivity contribution in [3.8, 4) is 0 Å². The van der Waals surface area contributed by atoms with Crippen LogP contribution in [0.3, 0.4) is 0 Å². The highest BCUT2D eigenvalue weighted by molar-refractivity contribution is 5.70. The van der Waals surface area contributed by atoms with Gasteiger partial charge in [0.1, 0.15) is 6.10 Å². The van der Waals surface area contributed by atoms with Gasteiger partial charge in [0.25, 0.3) is 0 Å². The molecular formula is C17H28O4. The number of cyclic esters (lactones) is 1. The summed E-state index contributed by atoms with van der Waals surface area (Å²) in [6.07, 6.45) is 4.45. The lowest BCUT2D eigenvalue weighted by molar-refractivity contribution is -0.152. The van der Waals surface area contributed by atoms with Crippen LogP contribution >= 0.6 is 0 Å². The topological polar surface area (TPSA) is 66.8 Å². The van der Waals surface area contributed by atoms with E-state index < -0.39 is 12.2 Å². The minimum Gasteiger partial charge on any atom is -0.462 e. The zero-order valence-electron chi connectivity index (χ0n) is 13.5. The maximum Gasteiger partial charge on any atom is 0.309 e. The highest BCUT2D eigenvalue weighted by atomic mass is 16.5. The van der Waals surface area contributed by atoms with Crippen LogP contribution in [0.2, 0.25) is 0 Å². The summed E-state index contributed by atoms with van der Waals surface area (Å²) in [5, 5.41) is 20.1. The fraction of sp³-hybridized carbons (Fsp3) is 0.706. The first-order chi connectivity index (χ1) is 9.81. The number of esters is 1. The van der Waals surface area contributed by atoms with Crippen molar-refractivity contribution in [2.75, 3.05) is 0 Å². The number of aliphatic hydroxyl groups excluding tert-OH is 2. The van der Waals surface area contributed by atoms with E-state index in [1.54, 1.807) is 13.0 Å². The molecule has 1 aliphatic heterocycles. The van der Waals surface area contributed by atoms with Crippen LogP contribution in [0.5, 0.6) is 0 Å². The van der Waals surface area contributed by atoms with Gasteiger partial charge in [0.15, 0.2) is 0 Å². The van der Waals surface area contributed by atoms with Gasteiger partial charge in [-0.05, 0) is 57.1 Å². The van der Waals surface area contributed by atoms with Gasteiger partial charge in [-0.2, -0.15) is 0 Å². The largest absolute Gasteiger partial charge is 0.462 e. The van der Waals surface area contributed by atoms with Crippen molar-refractivity contribution >= 4 is 5.97 Å². The van der Waals surface area contributed by atoms with Gasteiger partial charge >= 0.3 is 5.97 Å². The van der Waals surface area contributed by atoms with Crippen molar-refractivity contribution in [2.45, 2.75) is 71.7 Å². The second-order valence-corrected chi connectivity index (χ2v) is 6.12. The minimum absolute atomic E-state index is 0.0374. The van der Waals surface area contributed by atoms with Gasteiger partial charge in [-0.15, -0.1) is 0 Å². The lowest BCUT2D eigenvalue weighted by Crippen LogP contribution is -2.25. The van der Waals surface area contributed by atoms with Crippen LogP contribution < -0.4 is 0 Å². The summed E-state index contributed by atoms with van der Waals surface area (Å²) >= 11 is 0. The Morgan fingerprint density at radius 3 is 2.38 bits per heavy atom. The second kappa shape index (κ2) is 8.35. The maximum absolute atomic E-state index is 11.8. The fourth-order valence-corrected chi connectivity index (χ4v) is 2.25. The molecule has 4 unspecified atom stereocenters. The Balaban J connectivity index is 2.87. The Morgan fingerprint density at radius 1 is 1.10 bits per heavy atom. The molecule has 0 saturated carbocycles. The van der Waals surface area contributed by atoms with Gasteiger partial charge < -0.3 is 14.9 Å². The smallest absolute Gasteiger partial charge is 0.309 e. The van der Waals surface area contributed by atoms with Crippen LogP contribution in [-0.4, -0.2) is 34.5 Å². The highest BCUT2D eigenvalue weighted by Gasteiger charge is 2.20. The number of ether oxygens (including phenoxy) is 1. The van der Waals surface area contributed by atoms with Gasteiger partial charge in [0.05, 0.1) is 18.6 Å². The Morgan fingerprint density at radius 2 is 1.71 bits per heavy atom. The Hall–Kier alpha value is -1.13. The molecule has 0 fully saturated rings. The standard InChI is InChI=1S/C17H28O4/c1-11-6-5-7-12(2)15(18)9-8-13(3)16(19)10-17(20)21-14(11)4/h7-8,11,14-16,18-19H,5-6,9-10H2,1-4H3. The lowest BCUT2D eigenvalue weighted by Gasteiger charge is -2.22. The molecule has 1 rings (SSSR count). The van der Waals surface area contributed by atoms with Crippen LogP contribution in [0.1, 0.15) is 53.4 Å². The van der Waals surface area contributed by atoms with Gasteiger partial charge in [0.2, 0.25) is 0 Å². The zero-order chi connectivity index (χ0) is 16.0. The molecular weight excluding hydrogens is 268 g/mol. The van der Waals surface area contributed by atoms with E-state index in [1.807, 2.05) is 26.8 Å². The predicted molar refractivity (Wildman–Crippen MR) is 82.7 cm³/mol. The Labute approximate surface area is 127 Å². The molecule has 0 aliphatic carbocycles. The number of aliphatic hydroxyl groups is 2. The molecule has 0 radical (unpaired) electrons. The van der Waals surface area contributed by atoms with E-state index in [2.05, 4.69) is 0 Å².